The number of halogens is 1. The smallest absolute Gasteiger partial charge is 0.154 e. The van der Waals surface area contributed by atoms with Crippen molar-refractivity contribution >= 4 is 32.9 Å². The minimum Gasteiger partial charge on any atom is -0.379 e. The highest BCUT2D eigenvalue weighted by Crippen LogP contribution is 2.16. The summed E-state index contributed by atoms with van der Waals surface area (Å²) < 4.78 is 1.10. The molecule has 82 valence electrons. The molecule has 0 saturated carbocycles. The zero-order chi connectivity index (χ0) is 11.3. The third kappa shape index (κ3) is 5.23. The molecule has 0 heterocycles. The Bertz CT molecular complexity index is 333. The molecule has 0 radical (unpaired) electrons. The van der Waals surface area contributed by atoms with E-state index in [0.717, 1.165) is 10.2 Å². The van der Waals surface area contributed by atoms with Crippen LogP contribution in [0.5, 0.6) is 0 Å². The van der Waals surface area contributed by atoms with Crippen LogP contribution < -0.4 is 5.73 Å². The molecule has 1 aromatic rings. The van der Waals surface area contributed by atoms with Crippen LogP contribution >= 0.6 is 27.7 Å². The maximum Gasteiger partial charge on any atom is 0.154 e. The Morgan fingerprint density at radius 2 is 2.00 bits per heavy atom. The van der Waals surface area contributed by atoms with Crippen LogP contribution in [-0.4, -0.2) is 11.2 Å². The van der Waals surface area contributed by atoms with Crippen molar-refractivity contribution in [3.05, 3.63) is 34.3 Å². The van der Waals surface area contributed by atoms with Gasteiger partial charge in [0.25, 0.3) is 0 Å². The van der Waals surface area contributed by atoms with Crippen molar-refractivity contribution in [3.63, 3.8) is 0 Å². The van der Waals surface area contributed by atoms with Crippen molar-refractivity contribution in [1.82, 2.24) is 0 Å². The molecule has 0 aliphatic heterocycles. The lowest BCUT2D eigenvalue weighted by Crippen LogP contribution is -2.09. The first-order valence-corrected chi connectivity index (χ1v) is 6.56. The van der Waals surface area contributed by atoms with E-state index in [1.807, 2.05) is 26.0 Å². The molecule has 1 rings (SSSR count). The molecule has 15 heavy (non-hydrogen) atoms. The van der Waals surface area contributed by atoms with E-state index >= 15 is 0 Å². The molecule has 4 heteroatoms. The van der Waals surface area contributed by atoms with Gasteiger partial charge in [0.2, 0.25) is 0 Å². The number of benzene rings is 1. The van der Waals surface area contributed by atoms with Gasteiger partial charge in [-0.1, -0.05) is 39.8 Å². The molecule has 0 spiro atoms. The van der Waals surface area contributed by atoms with Crippen molar-refractivity contribution < 1.29 is 0 Å². The summed E-state index contributed by atoms with van der Waals surface area (Å²) in [6.45, 7) is 4.04. The Labute approximate surface area is 103 Å². The van der Waals surface area contributed by atoms with E-state index in [9.17, 15) is 0 Å². The second-order valence-electron chi connectivity index (χ2n) is 3.48. The average Bonchev–Trinajstić information content (AvgIpc) is 2.16. The van der Waals surface area contributed by atoms with Gasteiger partial charge in [0, 0.05) is 16.3 Å². The summed E-state index contributed by atoms with van der Waals surface area (Å²) >= 11 is 4.98. The van der Waals surface area contributed by atoms with Crippen LogP contribution in [0.3, 0.4) is 0 Å². The number of aliphatic imine (C=N–C) groups is 1. The number of hydrogen-bond donors (Lipinski definition) is 1. The van der Waals surface area contributed by atoms with Crippen molar-refractivity contribution in [2.24, 2.45) is 10.7 Å². The second-order valence-corrected chi connectivity index (χ2v) is 5.39. The van der Waals surface area contributed by atoms with Crippen molar-refractivity contribution in [2.45, 2.75) is 25.6 Å². The molecule has 1 aromatic carbocycles. The predicted octanol–water partition coefficient (Wildman–Crippen LogP) is 3.41. The van der Waals surface area contributed by atoms with Gasteiger partial charge in [-0.3, -0.25) is 4.99 Å². The number of amidine groups is 1. The molecule has 2 N–H and O–H groups in total. The number of rotatable bonds is 3. The number of hydrogen-bond acceptors (Lipinski definition) is 2. The van der Waals surface area contributed by atoms with Crippen LogP contribution in [0.2, 0.25) is 0 Å². The van der Waals surface area contributed by atoms with Gasteiger partial charge in [-0.05, 0) is 31.5 Å². The molecular weight excluding hydrogens is 272 g/mol. The quantitative estimate of drug-likeness (QED) is 0.683. The van der Waals surface area contributed by atoms with Crippen molar-refractivity contribution in [3.8, 4) is 0 Å². The molecule has 0 aromatic heterocycles. The summed E-state index contributed by atoms with van der Waals surface area (Å²) in [5.41, 5.74) is 7.01. The predicted molar refractivity (Wildman–Crippen MR) is 72.2 cm³/mol. The van der Waals surface area contributed by atoms with Crippen LogP contribution in [0, 0.1) is 0 Å². The molecule has 0 saturated heterocycles. The highest BCUT2D eigenvalue weighted by atomic mass is 79.9. The largest absolute Gasteiger partial charge is 0.379 e. The van der Waals surface area contributed by atoms with Gasteiger partial charge in [0.1, 0.15) is 0 Å². The summed E-state index contributed by atoms with van der Waals surface area (Å²) in [6.07, 6.45) is 0. The summed E-state index contributed by atoms with van der Waals surface area (Å²) in [4.78, 5) is 4.26. The first-order chi connectivity index (χ1) is 7.08. The van der Waals surface area contributed by atoms with Gasteiger partial charge in [0.15, 0.2) is 5.17 Å². The van der Waals surface area contributed by atoms with Crippen LogP contribution in [0.4, 0.5) is 0 Å². The number of thioether (sulfide) groups is 1. The highest BCUT2D eigenvalue weighted by Gasteiger charge is 1.98. The fraction of sp³-hybridized carbons (Fsp3) is 0.364. The maximum absolute atomic E-state index is 5.76. The van der Waals surface area contributed by atoms with Crippen LogP contribution in [-0.2, 0) is 5.75 Å². The molecule has 0 bridgehead atoms. The van der Waals surface area contributed by atoms with Gasteiger partial charge in [0.05, 0.1) is 0 Å². The molecule has 2 nitrogen and oxygen atoms in total. The van der Waals surface area contributed by atoms with Crippen molar-refractivity contribution in [1.29, 1.82) is 0 Å². The molecule has 0 atom stereocenters. The Morgan fingerprint density at radius 3 is 2.53 bits per heavy atom. The van der Waals surface area contributed by atoms with E-state index in [2.05, 4.69) is 33.1 Å². The van der Waals surface area contributed by atoms with E-state index in [1.54, 1.807) is 11.8 Å². The normalized spacial score (nSPS) is 12.1. The van der Waals surface area contributed by atoms with E-state index in [1.165, 1.54) is 5.56 Å². The standard InChI is InChI=1S/C11H15BrN2S/c1-8(2)14-11(13)15-7-9-3-5-10(12)6-4-9/h3-6,8H,7H2,1-2H3,(H2,13,14). The van der Waals surface area contributed by atoms with Crippen LogP contribution in [0.1, 0.15) is 19.4 Å². The summed E-state index contributed by atoms with van der Waals surface area (Å²) in [7, 11) is 0. The van der Waals surface area contributed by atoms with E-state index in [-0.39, 0.29) is 6.04 Å². The number of nitrogens with two attached hydrogens (primary N) is 1. The minimum absolute atomic E-state index is 0.266. The monoisotopic (exact) mass is 286 g/mol. The van der Waals surface area contributed by atoms with Gasteiger partial charge in [-0.2, -0.15) is 0 Å². The van der Waals surface area contributed by atoms with E-state index < -0.39 is 0 Å². The summed E-state index contributed by atoms with van der Waals surface area (Å²) in [6, 6.07) is 8.50. The topological polar surface area (TPSA) is 38.4 Å². The van der Waals surface area contributed by atoms with Gasteiger partial charge in [-0.15, -0.1) is 0 Å². The Kier molecular flexibility index (Phi) is 5.19. The van der Waals surface area contributed by atoms with Crippen LogP contribution in [0.15, 0.2) is 33.7 Å². The SMILES string of the molecule is CC(C)N=C(N)SCc1ccc(Br)cc1. The molecular formula is C11H15BrN2S. The molecule has 0 amide bonds. The molecule has 0 aliphatic rings. The lowest BCUT2D eigenvalue weighted by atomic mass is 10.2. The number of nitrogens with zero attached hydrogens (tertiary/aromatic N) is 1. The fourth-order valence-electron chi connectivity index (χ4n) is 1.03. The maximum atomic E-state index is 5.76. The fourth-order valence-corrected chi connectivity index (χ4v) is 2.09. The minimum atomic E-state index is 0.266. The molecule has 0 fully saturated rings. The molecule has 0 aliphatic carbocycles. The first-order valence-electron chi connectivity index (χ1n) is 4.78. The van der Waals surface area contributed by atoms with Gasteiger partial charge >= 0.3 is 0 Å². The highest BCUT2D eigenvalue weighted by molar-refractivity contribution is 9.10. The summed E-state index contributed by atoms with van der Waals surface area (Å²) in [5.74, 6) is 0.870. The Balaban J connectivity index is 2.47. The van der Waals surface area contributed by atoms with E-state index in [4.69, 9.17) is 5.73 Å². The Morgan fingerprint density at radius 1 is 1.40 bits per heavy atom. The van der Waals surface area contributed by atoms with Gasteiger partial charge < -0.3 is 5.73 Å². The lowest BCUT2D eigenvalue weighted by molar-refractivity contribution is 0.838. The Hall–Kier alpha value is -0.480. The first kappa shape index (κ1) is 12.6. The zero-order valence-corrected chi connectivity index (χ0v) is 11.3. The summed E-state index contributed by atoms with van der Waals surface area (Å²) in [5, 5.41) is 0.660. The third-order valence-electron chi connectivity index (χ3n) is 1.69. The van der Waals surface area contributed by atoms with Crippen LogP contribution in [0.25, 0.3) is 0 Å². The second kappa shape index (κ2) is 6.18. The zero-order valence-electron chi connectivity index (χ0n) is 8.90. The average molecular weight is 287 g/mol. The lowest BCUT2D eigenvalue weighted by Gasteiger charge is -2.03. The molecule has 0 unspecified atom stereocenters. The van der Waals surface area contributed by atoms with Gasteiger partial charge in [-0.25, -0.2) is 0 Å². The third-order valence-corrected chi connectivity index (χ3v) is 3.09. The van der Waals surface area contributed by atoms with Crippen molar-refractivity contribution in [2.75, 3.05) is 0 Å². The van der Waals surface area contributed by atoms with E-state index in [0.29, 0.717) is 5.17 Å².